The molecule has 1 aliphatic rings. The number of sulfone groups is 1. The molecule has 1 aliphatic carbocycles. The van der Waals surface area contributed by atoms with E-state index < -0.39 is 80.9 Å². The minimum atomic E-state index is -5.08. The summed E-state index contributed by atoms with van der Waals surface area (Å²) < 4.78 is 117. The van der Waals surface area contributed by atoms with E-state index in [1.807, 2.05) is 26.0 Å². The van der Waals surface area contributed by atoms with Crippen LogP contribution in [0.1, 0.15) is 76.0 Å². The Balaban J connectivity index is 0.000000913. The number of hydrogen-bond donors (Lipinski definition) is 6. The molecule has 0 saturated heterocycles. The van der Waals surface area contributed by atoms with Crippen molar-refractivity contribution < 1.29 is 73.2 Å². The molecule has 0 bridgehead atoms. The number of amides is 1. The van der Waals surface area contributed by atoms with Crippen LogP contribution in [0.5, 0.6) is 0 Å². The molecule has 0 heterocycles. The van der Waals surface area contributed by atoms with Crippen LogP contribution in [0.15, 0.2) is 42.5 Å². The molecule has 0 spiro atoms. The molecule has 0 aliphatic heterocycles. The minimum Gasteiger partial charge on any atom is -0.475 e. The van der Waals surface area contributed by atoms with E-state index in [0.29, 0.717) is 25.7 Å². The van der Waals surface area contributed by atoms with Gasteiger partial charge in [-0.3, -0.25) is 4.79 Å². The highest BCUT2D eigenvalue weighted by molar-refractivity contribution is 7.92. The number of nitrogens with one attached hydrogen (secondary N) is 2. The Kier molecular flexibility index (Phi) is 19.1. The minimum absolute atomic E-state index is 0.0741. The molecule has 1 fully saturated rings. The van der Waals surface area contributed by atoms with Gasteiger partial charge in [0.25, 0.3) is 0 Å². The Morgan fingerprint density at radius 1 is 0.855 bits per heavy atom. The molecule has 3 atom stereocenters. The average Bonchev–Trinajstić information content (AvgIpc) is 3.87. The van der Waals surface area contributed by atoms with Crippen LogP contribution in [0.4, 0.5) is 35.1 Å². The van der Waals surface area contributed by atoms with Crippen molar-refractivity contribution in [2.24, 2.45) is 5.73 Å². The maximum Gasteiger partial charge on any atom is 0.490 e. The zero-order valence-electron chi connectivity index (χ0n) is 30.3. The number of benzene rings is 2. The number of carboxylic acids is 2. The lowest BCUT2D eigenvalue weighted by Gasteiger charge is -2.28. The van der Waals surface area contributed by atoms with Gasteiger partial charge in [0, 0.05) is 18.2 Å². The van der Waals surface area contributed by atoms with Gasteiger partial charge in [-0.1, -0.05) is 57.9 Å². The molecule has 20 heteroatoms. The molecule has 2 aromatic carbocycles. The largest absolute Gasteiger partial charge is 0.490 e. The lowest BCUT2D eigenvalue weighted by atomic mass is 9.98. The smallest absolute Gasteiger partial charge is 0.475 e. The number of aryl methyl sites for hydroxylation is 1. The number of halogens is 8. The van der Waals surface area contributed by atoms with Crippen LogP contribution in [0.2, 0.25) is 0 Å². The van der Waals surface area contributed by atoms with Crippen molar-refractivity contribution in [1.29, 1.82) is 0 Å². The predicted molar refractivity (Wildman–Crippen MR) is 185 cm³/mol. The molecule has 7 N–H and O–H groups in total. The van der Waals surface area contributed by atoms with Crippen LogP contribution in [-0.2, 0) is 42.6 Å². The second kappa shape index (κ2) is 21.4. The summed E-state index contributed by atoms with van der Waals surface area (Å²) in [5.41, 5.74) is 8.36. The SMILES string of the molecule is CCCC(CCC)S(=O)(=O)C[C@@H](N)C(=O)N[C@@H](Cc1cc(F)cc(F)c1)[C@H](O)CNC1(c2cccc(CC)c2)CC1.O=C(O)C(F)(F)F.O=C(O)C(F)(F)F. The van der Waals surface area contributed by atoms with E-state index in [4.69, 9.17) is 25.5 Å². The van der Waals surface area contributed by atoms with Crippen molar-refractivity contribution in [2.45, 2.75) is 113 Å². The summed E-state index contributed by atoms with van der Waals surface area (Å²) in [5, 5.41) is 31.0. The summed E-state index contributed by atoms with van der Waals surface area (Å²) in [6, 6.07) is 8.98. The first kappa shape index (κ1) is 49.1. The summed E-state index contributed by atoms with van der Waals surface area (Å²) in [5.74, 6) is -8.31. The van der Waals surface area contributed by atoms with Crippen LogP contribution in [0.25, 0.3) is 0 Å². The highest BCUT2D eigenvalue weighted by atomic mass is 32.2. The molecular weight excluding hydrogens is 774 g/mol. The van der Waals surface area contributed by atoms with Crippen LogP contribution in [-0.4, -0.2) is 89.7 Å². The predicted octanol–water partition coefficient (Wildman–Crippen LogP) is 5.17. The van der Waals surface area contributed by atoms with E-state index in [0.717, 1.165) is 43.0 Å². The molecule has 11 nitrogen and oxygen atoms in total. The molecule has 1 saturated carbocycles. The number of carboxylic acid groups (broad SMARTS) is 2. The van der Waals surface area contributed by atoms with Gasteiger partial charge in [-0.25, -0.2) is 26.8 Å². The van der Waals surface area contributed by atoms with Crippen molar-refractivity contribution in [2.75, 3.05) is 12.3 Å². The highest BCUT2D eigenvalue weighted by Crippen LogP contribution is 2.45. The summed E-state index contributed by atoms with van der Waals surface area (Å²) in [7, 11) is -3.63. The van der Waals surface area contributed by atoms with Gasteiger partial charge >= 0.3 is 24.3 Å². The number of hydrogen-bond acceptors (Lipinski definition) is 8. The summed E-state index contributed by atoms with van der Waals surface area (Å²) >= 11 is 0. The van der Waals surface area contributed by atoms with E-state index in [1.54, 1.807) is 0 Å². The fourth-order valence-electron chi connectivity index (χ4n) is 5.39. The van der Waals surface area contributed by atoms with Gasteiger partial charge in [-0.2, -0.15) is 26.3 Å². The van der Waals surface area contributed by atoms with Gasteiger partial charge < -0.3 is 31.7 Å². The van der Waals surface area contributed by atoms with E-state index in [9.17, 15) is 53.4 Å². The quantitative estimate of drug-likeness (QED) is 0.116. The van der Waals surface area contributed by atoms with E-state index in [2.05, 4.69) is 29.7 Å². The fourth-order valence-corrected chi connectivity index (χ4v) is 7.50. The van der Waals surface area contributed by atoms with Crippen molar-refractivity contribution >= 4 is 27.7 Å². The van der Waals surface area contributed by atoms with Gasteiger partial charge in [-0.05, 0) is 67.3 Å². The van der Waals surface area contributed by atoms with Crippen molar-refractivity contribution in [1.82, 2.24) is 10.6 Å². The molecule has 55 heavy (non-hydrogen) atoms. The zero-order chi connectivity index (χ0) is 42.4. The molecule has 0 radical (unpaired) electrons. The van der Waals surface area contributed by atoms with Gasteiger partial charge in [-0.15, -0.1) is 0 Å². The Bertz CT molecular complexity index is 1620. The number of nitrogens with two attached hydrogens (primary N) is 1. The number of alkyl halides is 6. The third-order valence-electron chi connectivity index (χ3n) is 8.42. The van der Waals surface area contributed by atoms with Crippen molar-refractivity contribution in [3.8, 4) is 0 Å². The van der Waals surface area contributed by atoms with E-state index >= 15 is 0 Å². The first-order chi connectivity index (χ1) is 25.3. The van der Waals surface area contributed by atoms with Crippen LogP contribution >= 0.6 is 0 Å². The monoisotopic (exact) mass is 821 g/mol. The van der Waals surface area contributed by atoms with Crippen molar-refractivity contribution in [3.05, 3.63) is 70.8 Å². The lowest BCUT2D eigenvalue weighted by Crippen LogP contribution is -2.55. The van der Waals surface area contributed by atoms with Gasteiger partial charge in [0.05, 0.1) is 29.2 Å². The molecular formula is C35H47F8N3O8S. The summed E-state index contributed by atoms with van der Waals surface area (Å²) in [4.78, 5) is 30.9. The zero-order valence-corrected chi connectivity index (χ0v) is 31.1. The maximum atomic E-state index is 13.9. The molecule has 0 unspecified atom stereocenters. The number of aliphatic hydroxyl groups excluding tert-OH is 1. The second-order valence-electron chi connectivity index (χ2n) is 12.9. The third-order valence-corrected chi connectivity index (χ3v) is 10.7. The van der Waals surface area contributed by atoms with Crippen LogP contribution < -0.4 is 16.4 Å². The molecule has 312 valence electrons. The Hall–Kier alpha value is -3.88. The summed E-state index contributed by atoms with van der Waals surface area (Å²) in [6.07, 6.45) is -6.34. The maximum absolute atomic E-state index is 13.9. The number of aliphatic carboxylic acids is 2. The van der Waals surface area contributed by atoms with Gasteiger partial charge in [0.15, 0.2) is 9.84 Å². The average molecular weight is 822 g/mol. The standard InChI is InChI=1S/C31H45F2N3O4S.2C2HF3O2/c1-4-8-26(9-5-2)41(39,40)20-27(34)30(38)36-28(17-22-15-24(32)18-25(33)16-22)29(37)19-35-31(12-13-31)23-11-7-10-21(6-3)14-23;2*3-2(4,5)1(6)7/h7,10-11,14-16,18,26-29,35,37H,4-6,8-9,12-13,17,19-20,34H2,1-3H3,(H,36,38);2*(H,6,7)/t27-,28+,29-;;/m1../s1. The lowest BCUT2D eigenvalue weighted by molar-refractivity contribution is -0.193. The first-order valence-corrected chi connectivity index (χ1v) is 18.9. The summed E-state index contributed by atoms with van der Waals surface area (Å²) in [6.45, 7) is 6.00. The molecule has 2 aromatic rings. The molecule has 0 aromatic heterocycles. The Labute approximate surface area is 313 Å². The van der Waals surface area contributed by atoms with E-state index in [-0.39, 0.29) is 24.1 Å². The highest BCUT2D eigenvalue weighted by Gasteiger charge is 2.44. The number of carbonyl (C=O) groups is 3. The van der Waals surface area contributed by atoms with Crippen LogP contribution in [0, 0.1) is 11.6 Å². The first-order valence-electron chi connectivity index (χ1n) is 17.2. The number of rotatable bonds is 17. The molecule has 3 rings (SSSR count). The van der Waals surface area contributed by atoms with Gasteiger partial charge in [0.2, 0.25) is 5.91 Å². The topological polar surface area (TPSA) is 196 Å². The Morgan fingerprint density at radius 2 is 1.35 bits per heavy atom. The van der Waals surface area contributed by atoms with E-state index in [1.165, 1.54) is 5.56 Å². The molecule has 1 amide bonds. The number of aliphatic hydroxyl groups is 1. The number of carbonyl (C=O) groups excluding carboxylic acids is 1. The fraction of sp³-hybridized carbons (Fsp3) is 0.571. The normalized spacial score (nSPS) is 15.4. The van der Waals surface area contributed by atoms with Crippen LogP contribution in [0.3, 0.4) is 0 Å². The second-order valence-corrected chi connectivity index (χ2v) is 15.2. The third kappa shape index (κ3) is 17.2. The Morgan fingerprint density at radius 3 is 1.76 bits per heavy atom. The van der Waals surface area contributed by atoms with Gasteiger partial charge in [0.1, 0.15) is 11.6 Å². The van der Waals surface area contributed by atoms with Crippen molar-refractivity contribution in [3.63, 3.8) is 0 Å².